The monoisotopic (exact) mass is 929 g/mol. The number of primary amides is 1. The van der Waals surface area contributed by atoms with Gasteiger partial charge in [-0.1, -0.05) is 0 Å². The summed E-state index contributed by atoms with van der Waals surface area (Å²) in [5, 5.41) is 47.6. The fourth-order valence-corrected chi connectivity index (χ4v) is 5.78. The van der Waals surface area contributed by atoms with Crippen LogP contribution in [0.2, 0.25) is 0 Å². The number of nitrogens with zero attached hydrogens (tertiary/aromatic N) is 1. The van der Waals surface area contributed by atoms with Gasteiger partial charge in [-0.25, -0.2) is 0 Å². The zero-order valence-corrected chi connectivity index (χ0v) is 37.3. The summed E-state index contributed by atoms with van der Waals surface area (Å²) in [5.74, 6) is -7.45. The fraction of sp³-hybridized carbons (Fsp3) is 0.657. The molecule has 28 nitrogen and oxygen atoms in total. The van der Waals surface area contributed by atoms with E-state index in [4.69, 9.17) is 50.6 Å². The van der Waals surface area contributed by atoms with Gasteiger partial charge < -0.3 is 87.6 Å². The Hall–Kier alpha value is -6.81. The molecule has 0 rings (SSSR count). The van der Waals surface area contributed by atoms with Gasteiger partial charge in [-0.2, -0.15) is 12.6 Å². The second kappa shape index (κ2) is 31.1. The minimum atomic E-state index is -1.37. The van der Waals surface area contributed by atoms with Crippen LogP contribution in [0.25, 0.3) is 0 Å². The minimum Gasteiger partial charge on any atom is -0.370 e. The maximum atomic E-state index is 14.0. The van der Waals surface area contributed by atoms with Crippen LogP contribution in [0.3, 0.4) is 0 Å². The molecule has 0 spiro atoms. The zero-order chi connectivity index (χ0) is 48.9. The molecular formula is C35H68N20O8S. The Kier molecular flexibility index (Phi) is 27.8. The third kappa shape index (κ3) is 25.8. The SMILES string of the molecule is CC(=O)N[C@H](CS)C(=O)N[C@@H](C)C(=O)N[C@H](CCCNC(=N)N)C(=O)N[C@@H](CCCNC(=N)N)C(=O)N[C@H](CCCNC(=N)N)C(=O)N[C@@H](C)C(=O)N[C@H](CCCN=C(N)N)C(N)=O. The van der Waals surface area contributed by atoms with Gasteiger partial charge in [0.05, 0.1) is 0 Å². The lowest BCUT2D eigenvalue weighted by molar-refractivity contribution is -0.135. The summed E-state index contributed by atoms with van der Waals surface area (Å²) in [7, 11) is 0. The molecule has 29 heteroatoms. The van der Waals surface area contributed by atoms with Crippen LogP contribution in [0.1, 0.15) is 72.1 Å². The molecule has 0 aliphatic heterocycles. The summed E-state index contributed by atoms with van der Waals surface area (Å²) < 4.78 is 0. The number of hydrogen-bond acceptors (Lipinski definition) is 13. The molecule has 8 amide bonds. The maximum absolute atomic E-state index is 14.0. The zero-order valence-electron chi connectivity index (χ0n) is 36.4. The van der Waals surface area contributed by atoms with Gasteiger partial charge in [0.25, 0.3) is 0 Å². The molecule has 0 radical (unpaired) electrons. The quantitative estimate of drug-likeness (QED) is 0.0133. The van der Waals surface area contributed by atoms with Crippen LogP contribution < -0.4 is 87.6 Å². The number of carbonyl (C=O) groups is 8. The van der Waals surface area contributed by atoms with E-state index in [0.717, 1.165) is 0 Å². The van der Waals surface area contributed by atoms with E-state index in [1.165, 1.54) is 20.8 Å². The van der Waals surface area contributed by atoms with Gasteiger partial charge in [0.2, 0.25) is 47.3 Å². The number of nitrogens with one attached hydrogen (secondary N) is 13. The van der Waals surface area contributed by atoms with Gasteiger partial charge in [0.15, 0.2) is 23.8 Å². The van der Waals surface area contributed by atoms with Crippen molar-refractivity contribution in [3.05, 3.63) is 0 Å². The Labute approximate surface area is 376 Å². The standard InChI is InChI=1S/C35H68N20O8S/c1-17(26(58)52-20(25(36)57)8-4-12-45-32(37)38)49-28(60)21(9-5-13-46-33(39)40)54-30(62)23(11-7-15-48-35(43)44)55-29(61)22(10-6-14-47-34(41)42)53-27(59)18(2)50-31(63)24(16-64)51-19(3)56/h17-18,20-24,64H,4-16H2,1-3H3,(H2,36,57)(H,49,60)(H,50,63)(H,51,56)(H,52,58)(H,53,59)(H,54,62)(H,55,61)(H4,37,38,45)(H4,39,40,46)(H4,41,42,47)(H4,43,44,48)/t17-,18-,20+,21+,22+,23-,24+/m0/s1. The van der Waals surface area contributed by atoms with Gasteiger partial charge in [-0.15, -0.1) is 0 Å². The average molecular weight is 929 g/mol. The van der Waals surface area contributed by atoms with E-state index < -0.39 is 89.6 Å². The number of hydrogen-bond donors (Lipinski definition) is 20. The number of thiol groups is 1. The summed E-state index contributed by atoms with van der Waals surface area (Å²) in [6.07, 6.45) is 0.697. The lowest BCUT2D eigenvalue weighted by Gasteiger charge is -2.27. The lowest BCUT2D eigenvalue weighted by atomic mass is 10.0. The van der Waals surface area contributed by atoms with E-state index >= 15 is 0 Å². The highest BCUT2D eigenvalue weighted by Crippen LogP contribution is 2.07. The summed E-state index contributed by atoms with van der Waals surface area (Å²) in [5.41, 5.74) is 32.3. The van der Waals surface area contributed by atoms with E-state index in [0.29, 0.717) is 0 Å². The third-order valence-electron chi connectivity index (χ3n) is 8.84. The predicted octanol–water partition coefficient (Wildman–Crippen LogP) is -7.30. The second-order valence-corrected chi connectivity index (χ2v) is 14.8. The van der Waals surface area contributed by atoms with Crippen molar-refractivity contribution in [1.29, 1.82) is 16.2 Å². The van der Waals surface area contributed by atoms with Crippen LogP contribution in [-0.4, -0.2) is 145 Å². The largest absolute Gasteiger partial charge is 0.370 e. The van der Waals surface area contributed by atoms with Gasteiger partial charge >= 0.3 is 0 Å². The highest BCUT2D eigenvalue weighted by molar-refractivity contribution is 7.80. The molecule has 0 bridgehead atoms. The molecule has 0 unspecified atom stereocenters. The van der Waals surface area contributed by atoms with Crippen molar-refractivity contribution in [2.45, 2.75) is 114 Å². The first-order valence-corrected chi connectivity index (χ1v) is 20.9. The van der Waals surface area contributed by atoms with E-state index in [9.17, 15) is 38.4 Å². The molecule has 0 saturated heterocycles. The first-order chi connectivity index (χ1) is 30.0. The fourth-order valence-electron chi connectivity index (χ4n) is 5.52. The van der Waals surface area contributed by atoms with Crippen molar-refractivity contribution < 1.29 is 38.4 Å². The molecular weight excluding hydrogens is 861 g/mol. The Morgan fingerprint density at radius 3 is 1.14 bits per heavy atom. The summed E-state index contributed by atoms with van der Waals surface area (Å²) >= 11 is 4.06. The average Bonchev–Trinajstić information content (AvgIpc) is 3.20. The second-order valence-electron chi connectivity index (χ2n) is 14.4. The number of amides is 8. The van der Waals surface area contributed by atoms with Gasteiger partial charge in [-0.3, -0.25) is 59.6 Å². The Morgan fingerprint density at radius 2 is 0.812 bits per heavy atom. The van der Waals surface area contributed by atoms with Gasteiger partial charge in [0, 0.05) is 38.9 Å². The molecule has 0 saturated carbocycles. The van der Waals surface area contributed by atoms with Crippen molar-refractivity contribution >= 4 is 83.7 Å². The molecule has 0 aromatic carbocycles. The molecule has 7 atom stereocenters. The summed E-state index contributed by atoms with van der Waals surface area (Å²) in [4.78, 5) is 108. The Morgan fingerprint density at radius 1 is 0.484 bits per heavy atom. The van der Waals surface area contributed by atoms with Crippen molar-refractivity contribution in [1.82, 2.24) is 53.2 Å². The molecule has 0 fully saturated rings. The molecule has 0 aliphatic rings. The number of guanidine groups is 4. The summed E-state index contributed by atoms with van der Waals surface area (Å²) in [6, 6.07) is -8.69. The maximum Gasteiger partial charge on any atom is 0.244 e. The number of rotatable bonds is 31. The van der Waals surface area contributed by atoms with Crippen LogP contribution in [0, 0.1) is 16.2 Å². The van der Waals surface area contributed by atoms with Crippen molar-refractivity contribution in [2.24, 2.45) is 39.4 Å². The molecule has 0 aromatic heterocycles. The number of nitrogens with two attached hydrogens (primary N) is 6. The van der Waals surface area contributed by atoms with E-state index in [1.807, 2.05) is 0 Å². The minimum absolute atomic E-state index is 0.0507. The number of aliphatic imine (C=N–C) groups is 1. The normalized spacial score (nSPS) is 13.8. The molecule has 0 heterocycles. The van der Waals surface area contributed by atoms with Crippen LogP contribution in [-0.2, 0) is 38.4 Å². The topological polar surface area (TPSA) is 497 Å². The van der Waals surface area contributed by atoms with Crippen LogP contribution in [0.5, 0.6) is 0 Å². The van der Waals surface area contributed by atoms with Crippen LogP contribution in [0.4, 0.5) is 0 Å². The van der Waals surface area contributed by atoms with Gasteiger partial charge in [0.1, 0.15) is 42.3 Å². The molecule has 362 valence electrons. The molecule has 64 heavy (non-hydrogen) atoms. The lowest BCUT2D eigenvalue weighted by Crippen LogP contribution is -2.59. The molecule has 0 aliphatic carbocycles. The third-order valence-corrected chi connectivity index (χ3v) is 9.21. The highest BCUT2D eigenvalue weighted by Gasteiger charge is 2.32. The number of carbonyl (C=O) groups excluding carboxylic acids is 8. The molecule has 0 aromatic rings. The van der Waals surface area contributed by atoms with Gasteiger partial charge in [-0.05, 0) is 65.2 Å². The summed E-state index contributed by atoms with van der Waals surface area (Å²) in [6.45, 7) is 4.38. The Balaban J connectivity index is 6.44. The predicted molar refractivity (Wildman–Crippen MR) is 241 cm³/mol. The Bertz CT molecular complexity index is 1660. The first kappa shape index (κ1) is 57.2. The van der Waals surface area contributed by atoms with Crippen molar-refractivity contribution in [3.63, 3.8) is 0 Å². The highest BCUT2D eigenvalue weighted by atomic mass is 32.1. The van der Waals surface area contributed by atoms with Crippen molar-refractivity contribution in [3.8, 4) is 0 Å². The van der Waals surface area contributed by atoms with E-state index in [-0.39, 0.29) is 107 Å². The molecule has 25 N–H and O–H groups in total. The van der Waals surface area contributed by atoms with Crippen molar-refractivity contribution in [2.75, 3.05) is 31.9 Å². The van der Waals surface area contributed by atoms with E-state index in [2.05, 4.69) is 70.8 Å². The first-order valence-electron chi connectivity index (χ1n) is 20.3. The smallest absolute Gasteiger partial charge is 0.244 e. The van der Waals surface area contributed by atoms with Crippen LogP contribution in [0.15, 0.2) is 4.99 Å². The van der Waals surface area contributed by atoms with Crippen LogP contribution >= 0.6 is 12.6 Å². The van der Waals surface area contributed by atoms with E-state index in [1.54, 1.807) is 0 Å².